The van der Waals surface area contributed by atoms with Crippen LogP contribution in [-0.2, 0) is 5.88 Å². The maximum atomic E-state index is 5.91. The number of rotatable bonds is 4. The summed E-state index contributed by atoms with van der Waals surface area (Å²) in [5.41, 5.74) is 0.928. The molecule has 0 radical (unpaired) electrons. The monoisotopic (exact) mass is 326 g/mol. The van der Waals surface area contributed by atoms with Crippen molar-refractivity contribution in [1.82, 2.24) is 0 Å². The number of halogens is 2. The first-order chi connectivity index (χ1) is 8.74. The number of para-hydroxylation sites is 2. The van der Waals surface area contributed by atoms with Gasteiger partial charge in [0.05, 0.1) is 13.0 Å². The van der Waals surface area contributed by atoms with Gasteiger partial charge in [-0.1, -0.05) is 28.1 Å². The summed E-state index contributed by atoms with van der Waals surface area (Å²) in [6, 6.07) is 13.3. The average Bonchev–Trinajstić information content (AvgIpc) is 2.41. The zero-order chi connectivity index (χ0) is 13.0. The topological polar surface area (TPSA) is 18.5 Å². The van der Waals surface area contributed by atoms with E-state index >= 15 is 0 Å². The summed E-state index contributed by atoms with van der Waals surface area (Å²) in [6.45, 7) is 0. The van der Waals surface area contributed by atoms with Crippen molar-refractivity contribution in [2.45, 2.75) is 5.88 Å². The SMILES string of the molecule is COc1ccccc1Oc1ccc(Br)cc1CCl. The normalized spacial score (nSPS) is 10.2. The van der Waals surface area contributed by atoms with E-state index in [1.165, 1.54) is 0 Å². The van der Waals surface area contributed by atoms with Crippen molar-refractivity contribution in [2.24, 2.45) is 0 Å². The maximum Gasteiger partial charge on any atom is 0.169 e. The summed E-state index contributed by atoms with van der Waals surface area (Å²) < 4.78 is 12.1. The lowest BCUT2D eigenvalue weighted by molar-refractivity contribution is 0.378. The molecule has 94 valence electrons. The minimum absolute atomic E-state index is 0.393. The third kappa shape index (κ3) is 2.98. The summed E-state index contributed by atoms with van der Waals surface area (Å²) >= 11 is 9.32. The molecule has 0 aliphatic heterocycles. The fraction of sp³-hybridized carbons (Fsp3) is 0.143. The number of hydrogen-bond donors (Lipinski definition) is 0. The van der Waals surface area contributed by atoms with Crippen LogP contribution in [0.3, 0.4) is 0 Å². The van der Waals surface area contributed by atoms with E-state index in [2.05, 4.69) is 15.9 Å². The molecule has 2 aromatic rings. The van der Waals surface area contributed by atoms with Crippen molar-refractivity contribution in [3.8, 4) is 17.2 Å². The Hall–Kier alpha value is -1.19. The Bertz CT molecular complexity index is 543. The Morgan fingerprint density at radius 1 is 1.06 bits per heavy atom. The highest BCUT2D eigenvalue weighted by molar-refractivity contribution is 9.10. The largest absolute Gasteiger partial charge is 0.493 e. The molecule has 0 amide bonds. The fourth-order valence-corrected chi connectivity index (χ4v) is 2.19. The van der Waals surface area contributed by atoms with Gasteiger partial charge in [0.25, 0.3) is 0 Å². The molecule has 4 heteroatoms. The van der Waals surface area contributed by atoms with Gasteiger partial charge in [0, 0.05) is 10.0 Å². The van der Waals surface area contributed by atoms with E-state index < -0.39 is 0 Å². The Morgan fingerprint density at radius 3 is 2.44 bits per heavy atom. The van der Waals surface area contributed by atoms with E-state index in [1.807, 2.05) is 42.5 Å². The molecule has 0 fully saturated rings. The Morgan fingerprint density at radius 2 is 1.78 bits per heavy atom. The second-order valence-electron chi connectivity index (χ2n) is 3.64. The summed E-state index contributed by atoms with van der Waals surface area (Å²) in [4.78, 5) is 0. The first kappa shape index (κ1) is 13.2. The van der Waals surface area contributed by atoms with Gasteiger partial charge in [0.15, 0.2) is 11.5 Å². The lowest BCUT2D eigenvalue weighted by atomic mass is 10.2. The quantitative estimate of drug-likeness (QED) is 0.737. The van der Waals surface area contributed by atoms with E-state index in [0.717, 1.165) is 15.8 Å². The van der Waals surface area contributed by atoms with Crippen LogP contribution >= 0.6 is 27.5 Å². The molecular weight excluding hydrogens is 316 g/mol. The van der Waals surface area contributed by atoms with E-state index in [1.54, 1.807) is 7.11 Å². The number of methoxy groups -OCH3 is 1. The van der Waals surface area contributed by atoms with E-state index in [4.69, 9.17) is 21.1 Å². The molecule has 0 atom stereocenters. The highest BCUT2D eigenvalue weighted by Gasteiger charge is 2.08. The van der Waals surface area contributed by atoms with Crippen LogP contribution in [0.1, 0.15) is 5.56 Å². The average molecular weight is 328 g/mol. The first-order valence-corrected chi connectivity index (χ1v) is 6.72. The zero-order valence-corrected chi connectivity index (χ0v) is 12.2. The predicted molar refractivity (Wildman–Crippen MR) is 76.8 cm³/mol. The summed E-state index contributed by atoms with van der Waals surface area (Å²) in [6.07, 6.45) is 0. The molecule has 0 aliphatic carbocycles. The standard InChI is InChI=1S/C14H12BrClO2/c1-17-13-4-2-3-5-14(13)18-12-7-6-11(15)8-10(12)9-16/h2-8H,9H2,1H3. The third-order valence-corrected chi connectivity index (χ3v) is 3.24. The van der Waals surface area contributed by atoms with Gasteiger partial charge in [0.1, 0.15) is 5.75 Å². The van der Waals surface area contributed by atoms with Gasteiger partial charge in [-0.05, 0) is 30.3 Å². The van der Waals surface area contributed by atoms with Crippen molar-refractivity contribution < 1.29 is 9.47 Å². The van der Waals surface area contributed by atoms with Crippen molar-refractivity contribution in [3.05, 3.63) is 52.5 Å². The van der Waals surface area contributed by atoms with Gasteiger partial charge >= 0.3 is 0 Å². The molecule has 0 heterocycles. The van der Waals surface area contributed by atoms with Gasteiger partial charge in [0.2, 0.25) is 0 Å². The van der Waals surface area contributed by atoms with Crippen molar-refractivity contribution in [3.63, 3.8) is 0 Å². The number of alkyl halides is 1. The molecule has 0 aliphatic rings. The fourth-order valence-electron chi connectivity index (χ4n) is 1.57. The van der Waals surface area contributed by atoms with Crippen LogP contribution in [0.5, 0.6) is 17.2 Å². The van der Waals surface area contributed by atoms with Gasteiger partial charge in [-0.15, -0.1) is 11.6 Å². The van der Waals surface area contributed by atoms with Crippen LogP contribution in [0.2, 0.25) is 0 Å². The van der Waals surface area contributed by atoms with Gasteiger partial charge in [-0.2, -0.15) is 0 Å². The van der Waals surface area contributed by atoms with Gasteiger partial charge in [-0.3, -0.25) is 0 Å². The third-order valence-electron chi connectivity index (χ3n) is 2.46. The van der Waals surface area contributed by atoms with Crippen molar-refractivity contribution in [1.29, 1.82) is 0 Å². The van der Waals surface area contributed by atoms with Crippen LogP contribution in [0.4, 0.5) is 0 Å². The second kappa shape index (κ2) is 6.12. The van der Waals surface area contributed by atoms with E-state index in [0.29, 0.717) is 17.4 Å². The molecular formula is C14H12BrClO2. The molecule has 2 rings (SSSR count). The smallest absolute Gasteiger partial charge is 0.169 e. The van der Waals surface area contributed by atoms with E-state index in [9.17, 15) is 0 Å². The molecule has 2 nitrogen and oxygen atoms in total. The lowest BCUT2D eigenvalue weighted by Gasteiger charge is -2.12. The van der Waals surface area contributed by atoms with Crippen molar-refractivity contribution in [2.75, 3.05) is 7.11 Å². The second-order valence-corrected chi connectivity index (χ2v) is 4.82. The molecule has 0 aromatic heterocycles. The summed E-state index contributed by atoms with van der Waals surface area (Å²) in [5, 5.41) is 0. The lowest BCUT2D eigenvalue weighted by Crippen LogP contribution is -1.92. The van der Waals surface area contributed by atoms with Crippen LogP contribution < -0.4 is 9.47 Å². The maximum absolute atomic E-state index is 5.91. The van der Waals surface area contributed by atoms with Crippen LogP contribution in [-0.4, -0.2) is 7.11 Å². The highest BCUT2D eigenvalue weighted by Crippen LogP contribution is 2.34. The number of ether oxygens (including phenoxy) is 2. The highest BCUT2D eigenvalue weighted by atomic mass is 79.9. The molecule has 0 N–H and O–H groups in total. The molecule has 0 saturated heterocycles. The number of benzene rings is 2. The van der Waals surface area contributed by atoms with Crippen LogP contribution in [0.25, 0.3) is 0 Å². The minimum Gasteiger partial charge on any atom is -0.493 e. The molecule has 0 saturated carbocycles. The summed E-state index contributed by atoms with van der Waals surface area (Å²) in [7, 11) is 1.62. The van der Waals surface area contributed by atoms with E-state index in [-0.39, 0.29) is 0 Å². The molecule has 0 unspecified atom stereocenters. The Balaban J connectivity index is 2.33. The van der Waals surface area contributed by atoms with Crippen LogP contribution in [0.15, 0.2) is 46.9 Å². The zero-order valence-electron chi connectivity index (χ0n) is 9.82. The Kier molecular flexibility index (Phi) is 4.50. The predicted octanol–water partition coefficient (Wildman–Crippen LogP) is 4.99. The molecule has 2 aromatic carbocycles. The molecule has 18 heavy (non-hydrogen) atoms. The summed E-state index contributed by atoms with van der Waals surface area (Å²) in [5.74, 6) is 2.50. The van der Waals surface area contributed by atoms with Gasteiger partial charge < -0.3 is 9.47 Å². The van der Waals surface area contributed by atoms with Gasteiger partial charge in [-0.25, -0.2) is 0 Å². The number of hydrogen-bond acceptors (Lipinski definition) is 2. The Labute approximate surface area is 120 Å². The first-order valence-electron chi connectivity index (χ1n) is 5.40. The molecule has 0 bridgehead atoms. The van der Waals surface area contributed by atoms with Crippen molar-refractivity contribution >= 4 is 27.5 Å². The van der Waals surface area contributed by atoms with Crippen LogP contribution in [0, 0.1) is 0 Å². The molecule has 0 spiro atoms. The minimum atomic E-state index is 0.393.